The standard InChI is InChI=1S/C14H20N2O.CHCl3/c1-2-4-11(5-3-1)13-8-14(13)16-10-12-9-15-6-7-17-12;2-1(3)4/h1-5,12-16H,6-10H2;1H/t12?,13-,14+;/m0./s1. The van der Waals surface area contributed by atoms with Crippen molar-refractivity contribution < 1.29 is 4.74 Å². The van der Waals surface area contributed by atoms with Crippen molar-refractivity contribution in [1.29, 1.82) is 0 Å². The molecule has 2 N–H and O–H groups in total. The fourth-order valence-corrected chi connectivity index (χ4v) is 2.52. The number of hydrogen-bond acceptors (Lipinski definition) is 3. The molecule has 0 amide bonds. The molecule has 1 unspecified atom stereocenters. The van der Waals surface area contributed by atoms with Crippen molar-refractivity contribution in [3.8, 4) is 0 Å². The van der Waals surface area contributed by atoms with Gasteiger partial charge in [0.2, 0.25) is 0 Å². The Labute approximate surface area is 141 Å². The molecule has 3 rings (SSSR count). The lowest BCUT2D eigenvalue weighted by Gasteiger charge is -2.23. The summed E-state index contributed by atoms with van der Waals surface area (Å²) in [6, 6.07) is 11.4. The van der Waals surface area contributed by atoms with Crippen LogP contribution in [-0.2, 0) is 4.74 Å². The molecule has 1 saturated carbocycles. The highest BCUT2D eigenvalue weighted by Crippen LogP contribution is 2.40. The van der Waals surface area contributed by atoms with E-state index in [9.17, 15) is 0 Å². The molecule has 1 saturated heterocycles. The fraction of sp³-hybridized carbons (Fsp3) is 0.600. The van der Waals surface area contributed by atoms with Crippen molar-refractivity contribution in [1.82, 2.24) is 10.6 Å². The maximum Gasteiger partial charge on any atom is 0.180 e. The number of hydrogen-bond donors (Lipinski definition) is 2. The van der Waals surface area contributed by atoms with Gasteiger partial charge in [0, 0.05) is 31.6 Å². The van der Waals surface area contributed by atoms with Gasteiger partial charge in [-0.25, -0.2) is 0 Å². The van der Waals surface area contributed by atoms with Crippen LogP contribution in [0.2, 0.25) is 0 Å². The number of halogens is 3. The Morgan fingerprint density at radius 2 is 1.95 bits per heavy atom. The number of ether oxygens (including phenoxy) is 1. The van der Waals surface area contributed by atoms with Gasteiger partial charge in [0.15, 0.2) is 4.30 Å². The van der Waals surface area contributed by atoms with Gasteiger partial charge in [-0.3, -0.25) is 0 Å². The molecule has 1 aromatic carbocycles. The quantitative estimate of drug-likeness (QED) is 0.818. The third-order valence-electron chi connectivity index (χ3n) is 3.63. The Morgan fingerprint density at radius 3 is 2.57 bits per heavy atom. The molecule has 21 heavy (non-hydrogen) atoms. The van der Waals surface area contributed by atoms with Gasteiger partial charge in [-0.05, 0) is 12.0 Å². The SMILES string of the molecule is ClC(Cl)Cl.c1ccc([C@@H]2C[C@H]2NCC2CNCCO2)cc1. The molecule has 1 aliphatic carbocycles. The van der Waals surface area contributed by atoms with Crippen molar-refractivity contribution >= 4 is 34.8 Å². The molecule has 1 aliphatic heterocycles. The predicted molar refractivity (Wildman–Crippen MR) is 89.5 cm³/mol. The smallest absolute Gasteiger partial charge is 0.180 e. The van der Waals surface area contributed by atoms with E-state index in [-0.39, 0.29) is 0 Å². The zero-order chi connectivity index (χ0) is 15.1. The van der Waals surface area contributed by atoms with Crippen molar-refractivity contribution in [2.24, 2.45) is 0 Å². The second-order valence-electron chi connectivity index (χ2n) is 5.21. The van der Waals surface area contributed by atoms with Crippen molar-refractivity contribution in [3.63, 3.8) is 0 Å². The number of alkyl halides is 3. The highest BCUT2D eigenvalue weighted by Gasteiger charge is 2.38. The van der Waals surface area contributed by atoms with Gasteiger partial charge < -0.3 is 15.4 Å². The van der Waals surface area contributed by atoms with Crippen LogP contribution in [0.3, 0.4) is 0 Å². The molecule has 2 aliphatic rings. The second kappa shape index (κ2) is 9.19. The molecule has 6 heteroatoms. The monoisotopic (exact) mass is 350 g/mol. The molecule has 2 fully saturated rings. The molecule has 1 aromatic rings. The lowest BCUT2D eigenvalue weighted by molar-refractivity contribution is 0.0289. The number of rotatable bonds is 4. The zero-order valence-electron chi connectivity index (χ0n) is 11.8. The van der Waals surface area contributed by atoms with Crippen LogP contribution in [0.5, 0.6) is 0 Å². The van der Waals surface area contributed by atoms with Crippen LogP contribution in [0, 0.1) is 0 Å². The maximum atomic E-state index is 5.67. The Hall–Kier alpha value is -0.0300. The first-order valence-electron chi connectivity index (χ1n) is 7.19. The van der Waals surface area contributed by atoms with Crippen LogP contribution in [0.25, 0.3) is 0 Å². The molecular formula is C15H21Cl3N2O. The van der Waals surface area contributed by atoms with E-state index >= 15 is 0 Å². The molecule has 0 aromatic heterocycles. The van der Waals surface area contributed by atoms with E-state index in [1.807, 2.05) is 0 Å². The minimum absolute atomic E-state index is 0.348. The third-order valence-corrected chi connectivity index (χ3v) is 3.63. The summed E-state index contributed by atoms with van der Waals surface area (Å²) in [5, 5.41) is 6.97. The van der Waals surface area contributed by atoms with E-state index in [1.54, 1.807) is 0 Å². The van der Waals surface area contributed by atoms with E-state index < -0.39 is 4.30 Å². The lowest BCUT2D eigenvalue weighted by atomic mass is 10.1. The molecule has 0 radical (unpaired) electrons. The number of nitrogens with one attached hydrogen (secondary N) is 2. The van der Waals surface area contributed by atoms with Crippen LogP contribution in [0.15, 0.2) is 30.3 Å². The summed E-state index contributed by atoms with van der Waals surface area (Å²) in [5.41, 5.74) is 1.47. The van der Waals surface area contributed by atoms with E-state index in [0.29, 0.717) is 18.1 Å². The molecular weight excluding hydrogens is 331 g/mol. The predicted octanol–water partition coefficient (Wildman–Crippen LogP) is 3.11. The molecule has 0 spiro atoms. The lowest BCUT2D eigenvalue weighted by Crippen LogP contribution is -2.44. The summed E-state index contributed by atoms with van der Waals surface area (Å²) in [6.07, 6.45) is 1.62. The molecule has 118 valence electrons. The van der Waals surface area contributed by atoms with Crippen molar-refractivity contribution in [2.75, 3.05) is 26.2 Å². The minimum atomic E-state index is -0.750. The van der Waals surface area contributed by atoms with Crippen LogP contribution >= 0.6 is 34.8 Å². The maximum absolute atomic E-state index is 5.67. The van der Waals surface area contributed by atoms with Gasteiger partial charge in [0.05, 0.1) is 12.7 Å². The van der Waals surface area contributed by atoms with Gasteiger partial charge in [0.1, 0.15) is 0 Å². The number of morpholine rings is 1. The molecule has 3 nitrogen and oxygen atoms in total. The van der Waals surface area contributed by atoms with Crippen LogP contribution in [-0.4, -0.2) is 42.7 Å². The van der Waals surface area contributed by atoms with Gasteiger partial charge in [-0.15, -0.1) is 0 Å². The highest BCUT2D eigenvalue weighted by molar-refractivity contribution is 6.63. The van der Waals surface area contributed by atoms with E-state index in [2.05, 4.69) is 41.0 Å². The van der Waals surface area contributed by atoms with Crippen LogP contribution < -0.4 is 10.6 Å². The van der Waals surface area contributed by atoms with Gasteiger partial charge in [0.25, 0.3) is 0 Å². The summed E-state index contributed by atoms with van der Waals surface area (Å²) in [5.74, 6) is 0.716. The highest BCUT2D eigenvalue weighted by atomic mass is 35.6. The third kappa shape index (κ3) is 6.72. The van der Waals surface area contributed by atoms with E-state index in [1.165, 1.54) is 12.0 Å². The first-order valence-corrected chi connectivity index (χ1v) is 8.50. The first-order chi connectivity index (χ1) is 10.2. The largest absolute Gasteiger partial charge is 0.374 e. The first kappa shape index (κ1) is 17.3. The average Bonchev–Trinajstić information content (AvgIpc) is 3.26. The Bertz CT molecular complexity index is 396. The van der Waals surface area contributed by atoms with Gasteiger partial charge >= 0.3 is 0 Å². The minimum Gasteiger partial charge on any atom is -0.374 e. The van der Waals surface area contributed by atoms with Gasteiger partial charge in [-0.1, -0.05) is 65.1 Å². The normalized spacial score (nSPS) is 27.9. The topological polar surface area (TPSA) is 33.3 Å². The Morgan fingerprint density at radius 1 is 1.24 bits per heavy atom. The summed E-state index contributed by atoms with van der Waals surface area (Å²) in [6.45, 7) is 3.79. The fourth-order valence-electron chi connectivity index (χ4n) is 2.52. The average molecular weight is 352 g/mol. The summed E-state index contributed by atoms with van der Waals surface area (Å²) < 4.78 is 4.92. The van der Waals surface area contributed by atoms with Gasteiger partial charge in [-0.2, -0.15) is 0 Å². The van der Waals surface area contributed by atoms with Crippen LogP contribution in [0.4, 0.5) is 0 Å². The van der Waals surface area contributed by atoms with Crippen molar-refractivity contribution in [2.45, 2.75) is 28.8 Å². The molecule has 1 heterocycles. The van der Waals surface area contributed by atoms with Crippen LogP contribution in [0.1, 0.15) is 17.9 Å². The Balaban J connectivity index is 0.000000361. The van der Waals surface area contributed by atoms with E-state index in [4.69, 9.17) is 39.5 Å². The van der Waals surface area contributed by atoms with E-state index in [0.717, 1.165) is 26.2 Å². The second-order valence-corrected chi connectivity index (χ2v) is 7.19. The molecule has 3 atom stereocenters. The summed E-state index contributed by atoms with van der Waals surface area (Å²) in [4.78, 5) is 0. The van der Waals surface area contributed by atoms with Crippen molar-refractivity contribution in [3.05, 3.63) is 35.9 Å². The molecule has 0 bridgehead atoms. The summed E-state index contributed by atoms with van der Waals surface area (Å²) in [7, 11) is 0. The Kier molecular flexibility index (Phi) is 7.58. The zero-order valence-corrected chi connectivity index (χ0v) is 14.0. The summed E-state index contributed by atoms with van der Waals surface area (Å²) >= 11 is 14.4. The number of benzene rings is 1.